The topological polar surface area (TPSA) is 77.7 Å². The Hall–Kier alpha value is -3.19. The van der Waals surface area contributed by atoms with Crippen LogP contribution in [0.3, 0.4) is 0 Å². The molecule has 4 rings (SSSR count). The van der Waals surface area contributed by atoms with Crippen LogP contribution in [-0.4, -0.2) is 48.3 Å². The largest absolute Gasteiger partial charge is 0.497 e. The van der Waals surface area contributed by atoms with Gasteiger partial charge in [0.05, 0.1) is 19.1 Å². The number of methoxy groups -OCH3 is 1. The Labute approximate surface area is 175 Å². The van der Waals surface area contributed by atoms with E-state index in [1.807, 2.05) is 54.6 Å². The van der Waals surface area contributed by atoms with Crippen LogP contribution in [0, 0.1) is 0 Å². The fourth-order valence-electron chi connectivity index (χ4n) is 3.92. The van der Waals surface area contributed by atoms with Crippen LogP contribution >= 0.6 is 0 Å². The maximum absolute atomic E-state index is 13.5. The van der Waals surface area contributed by atoms with Crippen LogP contribution in [0.15, 0.2) is 59.1 Å². The third kappa shape index (κ3) is 3.93. The second-order valence-electron chi connectivity index (χ2n) is 7.46. The van der Waals surface area contributed by atoms with Crippen molar-refractivity contribution in [2.24, 2.45) is 0 Å². The minimum absolute atomic E-state index is 0.0428. The van der Waals surface area contributed by atoms with Gasteiger partial charge in [-0.25, -0.2) is 0 Å². The molecule has 0 unspecified atom stereocenters. The van der Waals surface area contributed by atoms with Gasteiger partial charge < -0.3 is 18.9 Å². The molecule has 0 N–H and O–H groups in total. The average Bonchev–Trinajstić information content (AvgIpc) is 3.28. The molecule has 2 aromatic carbocycles. The van der Waals surface area contributed by atoms with E-state index in [-0.39, 0.29) is 12.5 Å². The number of benzene rings is 2. The van der Waals surface area contributed by atoms with Crippen molar-refractivity contribution in [3.63, 3.8) is 0 Å². The minimum atomic E-state index is -0.590. The van der Waals surface area contributed by atoms with Gasteiger partial charge in [-0.15, -0.1) is 0 Å². The summed E-state index contributed by atoms with van der Waals surface area (Å²) in [6, 6.07) is 17.4. The summed E-state index contributed by atoms with van der Waals surface area (Å²) in [6.45, 7) is 1.38. The lowest BCUT2D eigenvalue weighted by Crippen LogP contribution is -2.48. The van der Waals surface area contributed by atoms with Crippen LogP contribution in [-0.2, 0) is 21.5 Å². The number of hydrogen-bond donors (Lipinski definition) is 0. The minimum Gasteiger partial charge on any atom is -0.497 e. The number of aromatic nitrogens is 2. The first-order chi connectivity index (χ1) is 14.6. The van der Waals surface area contributed by atoms with Crippen LogP contribution in [0.25, 0.3) is 11.4 Å². The molecule has 156 valence electrons. The Bertz CT molecular complexity index is 979. The molecule has 1 amide bonds. The summed E-state index contributed by atoms with van der Waals surface area (Å²) in [4.78, 5) is 19.7. The lowest BCUT2D eigenvalue weighted by molar-refractivity contribution is -0.140. The van der Waals surface area contributed by atoms with Gasteiger partial charge in [0.1, 0.15) is 5.75 Å². The number of carbonyl (C=O) groups is 1. The predicted molar refractivity (Wildman–Crippen MR) is 111 cm³/mol. The second kappa shape index (κ2) is 8.67. The van der Waals surface area contributed by atoms with E-state index in [2.05, 4.69) is 10.1 Å². The standard InChI is InChI=1S/C23H25N3O4/c1-26(16-20-24-21(25-30-20)17-8-10-19(28-2)11-9-17)22(27)23(12-14-29-15-13-23)18-6-4-3-5-7-18/h3-11H,12-16H2,1-2H3. The normalized spacial score (nSPS) is 15.5. The van der Waals surface area contributed by atoms with Gasteiger partial charge in [0.25, 0.3) is 0 Å². The first kappa shape index (κ1) is 20.1. The molecule has 0 saturated carbocycles. The summed E-state index contributed by atoms with van der Waals surface area (Å²) in [5, 5.41) is 4.06. The fourth-order valence-corrected chi connectivity index (χ4v) is 3.92. The Morgan fingerprint density at radius 1 is 1.10 bits per heavy atom. The number of amides is 1. The molecule has 1 aliphatic rings. The van der Waals surface area contributed by atoms with E-state index in [9.17, 15) is 4.79 Å². The van der Waals surface area contributed by atoms with Crippen molar-refractivity contribution in [3.05, 3.63) is 66.1 Å². The van der Waals surface area contributed by atoms with Gasteiger partial charge in [0.15, 0.2) is 0 Å². The maximum atomic E-state index is 13.5. The molecule has 30 heavy (non-hydrogen) atoms. The highest BCUT2D eigenvalue weighted by Crippen LogP contribution is 2.36. The summed E-state index contributed by atoms with van der Waals surface area (Å²) in [6.07, 6.45) is 1.31. The van der Waals surface area contributed by atoms with Crippen LogP contribution in [0.1, 0.15) is 24.3 Å². The van der Waals surface area contributed by atoms with Gasteiger partial charge in [-0.3, -0.25) is 4.79 Å². The number of ether oxygens (including phenoxy) is 2. The van der Waals surface area contributed by atoms with Crippen LogP contribution in [0.4, 0.5) is 0 Å². The van der Waals surface area contributed by atoms with Crippen LogP contribution in [0.2, 0.25) is 0 Å². The Morgan fingerprint density at radius 2 is 1.80 bits per heavy atom. The van der Waals surface area contributed by atoms with Crippen LogP contribution in [0.5, 0.6) is 5.75 Å². The zero-order valence-corrected chi connectivity index (χ0v) is 17.2. The monoisotopic (exact) mass is 407 g/mol. The highest BCUT2D eigenvalue weighted by molar-refractivity contribution is 5.88. The smallest absolute Gasteiger partial charge is 0.246 e. The molecule has 0 radical (unpaired) electrons. The molecule has 0 spiro atoms. The van der Waals surface area contributed by atoms with Crippen molar-refractivity contribution in [1.82, 2.24) is 15.0 Å². The van der Waals surface area contributed by atoms with E-state index in [4.69, 9.17) is 14.0 Å². The van der Waals surface area contributed by atoms with Crippen molar-refractivity contribution < 1.29 is 18.8 Å². The van der Waals surface area contributed by atoms with E-state index in [1.165, 1.54) is 0 Å². The van der Waals surface area contributed by atoms with Gasteiger partial charge in [-0.2, -0.15) is 4.98 Å². The third-order valence-electron chi connectivity index (χ3n) is 5.62. The molecule has 0 aliphatic carbocycles. The summed E-state index contributed by atoms with van der Waals surface area (Å²) >= 11 is 0. The third-order valence-corrected chi connectivity index (χ3v) is 5.62. The van der Waals surface area contributed by atoms with Crippen LogP contribution < -0.4 is 4.74 Å². The van der Waals surface area contributed by atoms with Crippen molar-refractivity contribution in [2.45, 2.75) is 24.8 Å². The van der Waals surface area contributed by atoms with Gasteiger partial charge in [-0.1, -0.05) is 35.5 Å². The van der Waals surface area contributed by atoms with Gasteiger partial charge in [0.2, 0.25) is 17.6 Å². The summed E-state index contributed by atoms with van der Waals surface area (Å²) in [5.41, 5.74) is 1.26. The summed E-state index contributed by atoms with van der Waals surface area (Å²) in [5.74, 6) is 1.68. The maximum Gasteiger partial charge on any atom is 0.246 e. The predicted octanol–water partition coefficient (Wildman–Crippen LogP) is 3.45. The molecule has 1 fully saturated rings. The SMILES string of the molecule is COc1ccc(-c2noc(CN(C)C(=O)C3(c4ccccc4)CCOCC3)n2)cc1. The second-order valence-corrected chi connectivity index (χ2v) is 7.46. The average molecular weight is 407 g/mol. The molecule has 7 nitrogen and oxygen atoms in total. The first-order valence-corrected chi connectivity index (χ1v) is 9.98. The molecular formula is C23H25N3O4. The number of rotatable bonds is 6. The fraction of sp³-hybridized carbons (Fsp3) is 0.348. The first-order valence-electron chi connectivity index (χ1n) is 9.98. The molecular weight excluding hydrogens is 382 g/mol. The Morgan fingerprint density at radius 3 is 2.47 bits per heavy atom. The van der Waals surface area contributed by atoms with E-state index in [0.29, 0.717) is 37.8 Å². The van der Waals surface area contributed by atoms with E-state index >= 15 is 0 Å². The molecule has 1 aromatic heterocycles. The lowest BCUT2D eigenvalue weighted by atomic mass is 9.73. The zero-order valence-electron chi connectivity index (χ0n) is 17.2. The van der Waals surface area contributed by atoms with Crippen molar-refractivity contribution >= 4 is 5.91 Å². The Kier molecular flexibility index (Phi) is 5.81. The highest BCUT2D eigenvalue weighted by atomic mass is 16.5. The van der Waals surface area contributed by atoms with E-state index < -0.39 is 5.41 Å². The highest BCUT2D eigenvalue weighted by Gasteiger charge is 2.43. The number of likely N-dealkylation sites (N-methyl/N-ethyl adjacent to an activating group) is 1. The molecule has 7 heteroatoms. The zero-order chi connectivity index (χ0) is 21.0. The lowest BCUT2D eigenvalue weighted by Gasteiger charge is -2.38. The van der Waals surface area contributed by atoms with Gasteiger partial charge in [0, 0.05) is 25.8 Å². The van der Waals surface area contributed by atoms with E-state index in [0.717, 1.165) is 16.9 Å². The molecule has 0 bridgehead atoms. The molecule has 3 aromatic rings. The van der Waals surface area contributed by atoms with Crippen molar-refractivity contribution in [2.75, 3.05) is 27.4 Å². The Balaban J connectivity index is 1.52. The summed E-state index contributed by atoms with van der Waals surface area (Å²) < 4.78 is 16.1. The quantitative estimate of drug-likeness (QED) is 0.623. The van der Waals surface area contributed by atoms with E-state index in [1.54, 1.807) is 19.1 Å². The molecule has 2 heterocycles. The summed E-state index contributed by atoms with van der Waals surface area (Å²) in [7, 11) is 3.40. The molecule has 1 aliphatic heterocycles. The molecule has 1 saturated heterocycles. The van der Waals surface area contributed by atoms with Crippen molar-refractivity contribution in [3.8, 4) is 17.1 Å². The number of carbonyl (C=O) groups excluding carboxylic acids is 1. The number of hydrogen-bond acceptors (Lipinski definition) is 6. The number of nitrogens with zero attached hydrogens (tertiary/aromatic N) is 3. The molecule has 0 atom stereocenters. The van der Waals surface area contributed by atoms with Gasteiger partial charge in [-0.05, 0) is 42.7 Å². The van der Waals surface area contributed by atoms with Gasteiger partial charge >= 0.3 is 0 Å². The van der Waals surface area contributed by atoms with Crippen molar-refractivity contribution in [1.29, 1.82) is 0 Å².